The summed E-state index contributed by atoms with van der Waals surface area (Å²) in [5.41, 5.74) is -1.63. The van der Waals surface area contributed by atoms with Gasteiger partial charge in [-0.2, -0.15) is 11.8 Å². The second-order valence-corrected chi connectivity index (χ2v) is 6.22. The Labute approximate surface area is 106 Å². The van der Waals surface area contributed by atoms with Gasteiger partial charge in [0.2, 0.25) is 0 Å². The molecule has 2 aliphatic heterocycles. The third kappa shape index (κ3) is 2.20. The van der Waals surface area contributed by atoms with E-state index in [1.165, 1.54) is 7.11 Å². The Hall–Kier alpha value is -0.260. The minimum Gasteiger partial charge on any atom is -0.468 e. The smallest absolute Gasteiger partial charge is 0.316 e. The molecular weight excluding hydrogens is 238 g/mol. The standard InChI is InChI=1S/C12H21NO3S/c1-16-10(14)11(3-2-6-13-9-11)12(15)4-7-17-8-5-12/h13,15H,2-9H2,1H3. The molecule has 2 saturated heterocycles. The lowest BCUT2D eigenvalue weighted by molar-refractivity contribution is -0.177. The molecule has 0 saturated carbocycles. The third-order valence-electron chi connectivity index (χ3n) is 4.17. The van der Waals surface area contributed by atoms with Crippen molar-refractivity contribution < 1.29 is 14.6 Å². The fraction of sp³-hybridized carbons (Fsp3) is 0.917. The average molecular weight is 259 g/mol. The first-order valence-electron chi connectivity index (χ1n) is 6.24. The summed E-state index contributed by atoms with van der Waals surface area (Å²) in [4.78, 5) is 12.2. The summed E-state index contributed by atoms with van der Waals surface area (Å²) < 4.78 is 4.97. The molecule has 0 spiro atoms. The molecule has 1 unspecified atom stereocenters. The van der Waals surface area contributed by atoms with E-state index in [0.717, 1.165) is 30.9 Å². The highest BCUT2D eigenvalue weighted by Gasteiger charge is 2.56. The number of hydrogen-bond acceptors (Lipinski definition) is 5. The van der Waals surface area contributed by atoms with Crippen molar-refractivity contribution in [2.75, 3.05) is 31.7 Å². The van der Waals surface area contributed by atoms with Crippen LogP contribution >= 0.6 is 11.8 Å². The van der Waals surface area contributed by atoms with Crippen LogP contribution in [0.15, 0.2) is 0 Å². The van der Waals surface area contributed by atoms with Crippen molar-refractivity contribution in [1.82, 2.24) is 5.32 Å². The van der Waals surface area contributed by atoms with Crippen LogP contribution in [-0.2, 0) is 9.53 Å². The third-order valence-corrected chi connectivity index (χ3v) is 5.16. The Morgan fingerprint density at radius 2 is 2.06 bits per heavy atom. The molecule has 2 N–H and O–H groups in total. The SMILES string of the molecule is COC(=O)C1(C2(O)CCSCC2)CCCNC1. The summed E-state index contributed by atoms with van der Waals surface area (Å²) >= 11 is 1.85. The normalized spacial score (nSPS) is 33.1. The van der Waals surface area contributed by atoms with E-state index in [1.807, 2.05) is 11.8 Å². The van der Waals surface area contributed by atoms with Crippen molar-refractivity contribution in [3.05, 3.63) is 0 Å². The van der Waals surface area contributed by atoms with Gasteiger partial charge in [-0.15, -0.1) is 0 Å². The van der Waals surface area contributed by atoms with Crippen molar-refractivity contribution >= 4 is 17.7 Å². The van der Waals surface area contributed by atoms with E-state index in [1.54, 1.807) is 0 Å². The number of ether oxygens (including phenoxy) is 1. The van der Waals surface area contributed by atoms with Crippen LogP contribution in [0.1, 0.15) is 25.7 Å². The van der Waals surface area contributed by atoms with E-state index in [-0.39, 0.29) is 5.97 Å². The minimum absolute atomic E-state index is 0.251. The maximum absolute atomic E-state index is 12.2. The molecule has 17 heavy (non-hydrogen) atoms. The van der Waals surface area contributed by atoms with Gasteiger partial charge in [0.25, 0.3) is 0 Å². The monoisotopic (exact) mass is 259 g/mol. The predicted octanol–water partition coefficient (Wildman–Crippen LogP) is 0.787. The Bertz CT molecular complexity index is 283. The number of carbonyl (C=O) groups is 1. The van der Waals surface area contributed by atoms with Gasteiger partial charge in [-0.25, -0.2) is 0 Å². The molecule has 2 fully saturated rings. The maximum Gasteiger partial charge on any atom is 0.316 e. The lowest BCUT2D eigenvalue weighted by atomic mass is 9.64. The molecule has 0 aromatic heterocycles. The predicted molar refractivity (Wildman–Crippen MR) is 68.1 cm³/mol. The van der Waals surface area contributed by atoms with Crippen LogP contribution in [0.5, 0.6) is 0 Å². The van der Waals surface area contributed by atoms with Gasteiger partial charge in [-0.3, -0.25) is 4.79 Å². The average Bonchev–Trinajstić information content (AvgIpc) is 2.39. The van der Waals surface area contributed by atoms with E-state index >= 15 is 0 Å². The largest absolute Gasteiger partial charge is 0.468 e. The zero-order valence-corrected chi connectivity index (χ0v) is 11.1. The molecular formula is C12H21NO3S. The summed E-state index contributed by atoms with van der Waals surface area (Å²) in [5.74, 6) is 1.60. The molecule has 98 valence electrons. The first-order chi connectivity index (χ1) is 8.15. The molecule has 0 amide bonds. The highest BCUT2D eigenvalue weighted by atomic mass is 32.2. The molecule has 0 bridgehead atoms. The fourth-order valence-electron chi connectivity index (χ4n) is 3.05. The Morgan fingerprint density at radius 3 is 2.59 bits per heavy atom. The van der Waals surface area contributed by atoms with E-state index in [0.29, 0.717) is 19.4 Å². The van der Waals surface area contributed by atoms with Crippen LogP contribution in [0.2, 0.25) is 0 Å². The van der Waals surface area contributed by atoms with Gasteiger partial charge in [0.1, 0.15) is 5.41 Å². The van der Waals surface area contributed by atoms with Crippen molar-refractivity contribution in [3.8, 4) is 0 Å². The zero-order valence-electron chi connectivity index (χ0n) is 10.3. The van der Waals surface area contributed by atoms with Gasteiger partial charge in [0.15, 0.2) is 0 Å². The molecule has 2 rings (SSSR count). The zero-order chi connectivity index (χ0) is 12.4. The molecule has 5 heteroatoms. The molecule has 0 aliphatic carbocycles. The quantitative estimate of drug-likeness (QED) is 0.718. The van der Waals surface area contributed by atoms with E-state index in [9.17, 15) is 9.90 Å². The lowest BCUT2D eigenvalue weighted by Gasteiger charge is -2.49. The molecule has 2 aliphatic rings. The second kappa shape index (κ2) is 5.16. The van der Waals surface area contributed by atoms with E-state index < -0.39 is 11.0 Å². The highest BCUT2D eigenvalue weighted by Crippen LogP contribution is 2.46. The Balaban J connectivity index is 2.27. The molecule has 0 radical (unpaired) electrons. The topological polar surface area (TPSA) is 58.6 Å². The summed E-state index contributed by atoms with van der Waals surface area (Å²) in [6.45, 7) is 1.46. The number of esters is 1. The van der Waals surface area contributed by atoms with Crippen molar-refractivity contribution in [3.63, 3.8) is 0 Å². The van der Waals surface area contributed by atoms with Crippen LogP contribution in [0.25, 0.3) is 0 Å². The summed E-state index contributed by atoms with van der Waals surface area (Å²) in [6, 6.07) is 0. The van der Waals surface area contributed by atoms with Crippen molar-refractivity contribution in [2.45, 2.75) is 31.3 Å². The fourth-order valence-corrected chi connectivity index (χ4v) is 4.22. The van der Waals surface area contributed by atoms with Crippen LogP contribution in [0, 0.1) is 5.41 Å². The summed E-state index contributed by atoms with van der Waals surface area (Å²) in [7, 11) is 1.42. The molecule has 0 aromatic carbocycles. The highest BCUT2D eigenvalue weighted by molar-refractivity contribution is 7.99. The first kappa shape index (κ1) is 13.2. The van der Waals surface area contributed by atoms with Crippen LogP contribution in [-0.4, -0.2) is 48.4 Å². The van der Waals surface area contributed by atoms with Crippen molar-refractivity contribution in [2.24, 2.45) is 5.41 Å². The maximum atomic E-state index is 12.2. The molecule has 1 atom stereocenters. The number of aliphatic hydroxyl groups is 1. The number of rotatable bonds is 2. The van der Waals surface area contributed by atoms with Gasteiger partial charge in [0.05, 0.1) is 12.7 Å². The van der Waals surface area contributed by atoms with E-state index in [4.69, 9.17) is 4.74 Å². The lowest BCUT2D eigenvalue weighted by Crippen LogP contribution is -2.61. The van der Waals surface area contributed by atoms with Gasteiger partial charge in [0, 0.05) is 6.54 Å². The van der Waals surface area contributed by atoms with Gasteiger partial charge in [-0.05, 0) is 43.7 Å². The number of thioether (sulfide) groups is 1. The molecule has 0 aromatic rings. The number of nitrogens with one attached hydrogen (secondary N) is 1. The van der Waals surface area contributed by atoms with Crippen LogP contribution < -0.4 is 5.32 Å². The van der Waals surface area contributed by atoms with Gasteiger partial charge in [-0.1, -0.05) is 0 Å². The number of methoxy groups -OCH3 is 1. The molecule has 4 nitrogen and oxygen atoms in total. The minimum atomic E-state index is -0.890. The van der Waals surface area contributed by atoms with E-state index in [2.05, 4.69) is 5.32 Å². The van der Waals surface area contributed by atoms with Gasteiger partial charge < -0.3 is 15.2 Å². The van der Waals surface area contributed by atoms with Crippen LogP contribution in [0.3, 0.4) is 0 Å². The van der Waals surface area contributed by atoms with Gasteiger partial charge >= 0.3 is 5.97 Å². The number of hydrogen-bond donors (Lipinski definition) is 2. The van der Waals surface area contributed by atoms with Crippen molar-refractivity contribution in [1.29, 1.82) is 0 Å². The Kier molecular flexibility index (Phi) is 4.00. The summed E-state index contributed by atoms with van der Waals surface area (Å²) in [6.07, 6.45) is 3.03. The number of piperidine rings is 1. The summed E-state index contributed by atoms with van der Waals surface area (Å²) in [5, 5.41) is 14.1. The first-order valence-corrected chi connectivity index (χ1v) is 7.39. The van der Waals surface area contributed by atoms with Crippen LogP contribution in [0.4, 0.5) is 0 Å². The molecule has 2 heterocycles. The second-order valence-electron chi connectivity index (χ2n) is 5.00. The number of carbonyl (C=O) groups excluding carboxylic acids is 1. The Morgan fingerprint density at radius 1 is 1.35 bits per heavy atom.